The van der Waals surface area contributed by atoms with Crippen molar-refractivity contribution < 1.29 is 4.74 Å². The number of ether oxygens (including phenoxy) is 1. The van der Waals surface area contributed by atoms with Crippen molar-refractivity contribution in [3.8, 4) is 0 Å². The first kappa shape index (κ1) is 14.0. The molecule has 2 aromatic heterocycles. The highest BCUT2D eigenvalue weighted by atomic mass is 16.5. The smallest absolute Gasteiger partial charge is 0.128 e. The van der Waals surface area contributed by atoms with Crippen LogP contribution in [0.15, 0.2) is 30.7 Å². The minimum atomic E-state index is 0.0292. The van der Waals surface area contributed by atoms with Crippen molar-refractivity contribution in [3.05, 3.63) is 42.1 Å². The van der Waals surface area contributed by atoms with Crippen molar-refractivity contribution >= 4 is 5.82 Å². The number of pyridine rings is 1. The van der Waals surface area contributed by atoms with Crippen molar-refractivity contribution in [2.24, 2.45) is 0 Å². The highest BCUT2D eigenvalue weighted by molar-refractivity contribution is 5.37. The molecule has 0 unspecified atom stereocenters. The molecule has 3 rings (SSSR count). The van der Waals surface area contributed by atoms with Gasteiger partial charge >= 0.3 is 0 Å². The Kier molecular flexibility index (Phi) is 4.17. The third-order valence-corrected chi connectivity index (χ3v) is 3.64. The molecule has 1 aliphatic heterocycles. The standard InChI is InChI=1S/C15H21N5O/c1-19(2)15-5-3-4-13(18-15)14-10-20(6-7-21-14)9-12-8-16-11-17-12/h3-5,8,11,14H,6-7,9-10H2,1-2H3,(H,16,17)/t14-/m1/s1. The lowest BCUT2D eigenvalue weighted by Crippen LogP contribution is -2.38. The molecule has 3 heterocycles. The molecule has 1 aliphatic rings. The number of morpholine rings is 1. The summed E-state index contributed by atoms with van der Waals surface area (Å²) in [5.41, 5.74) is 2.13. The number of nitrogens with one attached hydrogen (secondary N) is 1. The average Bonchev–Trinajstić information content (AvgIpc) is 3.00. The summed E-state index contributed by atoms with van der Waals surface area (Å²) in [7, 11) is 4.00. The molecule has 0 amide bonds. The topological polar surface area (TPSA) is 57.3 Å². The van der Waals surface area contributed by atoms with E-state index in [0.29, 0.717) is 0 Å². The molecule has 0 aromatic carbocycles. The Balaban J connectivity index is 1.69. The van der Waals surface area contributed by atoms with Crippen molar-refractivity contribution in [1.82, 2.24) is 19.9 Å². The number of rotatable bonds is 4. The fourth-order valence-corrected chi connectivity index (χ4v) is 2.51. The maximum absolute atomic E-state index is 5.90. The van der Waals surface area contributed by atoms with Crippen LogP contribution in [0.25, 0.3) is 0 Å². The number of hydrogen-bond donors (Lipinski definition) is 1. The van der Waals surface area contributed by atoms with Gasteiger partial charge in [-0.25, -0.2) is 9.97 Å². The number of hydrogen-bond acceptors (Lipinski definition) is 5. The van der Waals surface area contributed by atoms with Gasteiger partial charge in [-0.3, -0.25) is 4.90 Å². The van der Waals surface area contributed by atoms with Crippen molar-refractivity contribution in [2.75, 3.05) is 38.7 Å². The van der Waals surface area contributed by atoms with E-state index < -0.39 is 0 Å². The summed E-state index contributed by atoms with van der Waals surface area (Å²) < 4.78 is 5.90. The molecule has 6 heteroatoms. The first-order valence-corrected chi connectivity index (χ1v) is 7.18. The molecule has 0 spiro atoms. The Morgan fingerprint density at radius 1 is 1.43 bits per heavy atom. The highest BCUT2D eigenvalue weighted by Crippen LogP contribution is 2.23. The second-order valence-corrected chi connectivity index (χ2v) is 5.49. The molecule has 2 aromatic rings. The first-order chi connectivity index (χ1) is 10.2. The zero-order valence-electron chi connectivity index (χ0n) is 12.5. The van der Waals surface area contributed by atoms with E-state index in [0.717, 1.165) is 43.4 Å². The predicted molar refractivity (Wildman–Crippen MR) is 81.1 cm³/mol. The molecule has 1 fully saturated rings. The van der Waals surface area contributed by atoms with Gasteiger partial charge in [0.1, 0.15) is 11.9 Å². The fraction of sp³-hybridized carbons (Fsp3) is 0.467. The number of H-pyrrole nitrogens is 1. The summed E-state index contributed by atoms with van der Waals surface area (Å²) in [5, 5.41) is 0. The van der Waals surface area contributed by atoms with E-state index in [1.54, 1.807) is 6.33 Å². The van der Waals surface area contributed by atoms with Crippen LogP contribution in [-0.4, -0.2) is 53.6 Å². The number of nitrogens with zero attached hydrogens (tertiary/aromatic N) is 4. The van der Waals surface area contributed by atoms with Gasteiger partial charge in [0.2, 0.25) is 0 Å². The average molecular weight is 287 g/mol. The molecular weight excluding hydrogens is 266 g/mol. The molecular formula is C15H21N5O. The summed E-state index contributed by atoms with van der Waals surface area (Å²) in [6, 6.07) is 6.08. The van der Waals surface area contributed by atoms with E-state index >= 15 is 0 Å². The quantitative estimate of drug-likeness (QED) is 0.922. The number of aromatic nitrogens is 3. The number of aromatic amines is 1. The van der Waals surface area contributed by atoms with Gasteiger partial charge in [0, 0.05) is 45.6 Å². The lowest BCUT2D eigenvalue weighted by molar-refractivity contribution is -0.0352. The molecule has 112 valence electrons. The van der Waals surface area contributed by atoms with E-state index in [2.05, 4.69) is 19.9 Å². The second kappa shape index (κ2) is 6.24. The van der Waals surface area contributed by atoms with E-state index in [1.165, 1.54) is 0 Å². The van der Waals surface area contributed by atoms with E-state index in [9.17, 15) is 0 Å². The van der Waals surface area contributed by atoms with Gasteiger partial charge in [0.15, 0.2) is 0 Å². The molecule has 6 nitrogen and oxygen atoms in total. The SMILES string of the molecule is CN(C)c1cccc([C@H]2CN(Cc3cnc[nH]3)CCO2)n1. The molecule has 1 N–H and O–H groups in total. The number of anilines is 1. The van der Waals surface area contributed by atoms with Crippen LogP contribution in [0.1, 0.15) is 17.5 Å². The summed E-state index contributed by atoms with van der Waals surface area (Å²) in [4.78, 5) is 16.3. The van der Waals surface area contributed by atoms with Gasteiger partial charge in [-0.05, 0) is 12.1 Å². The Bertz CT molecular complexity index is 569. The van der Waals surface area contributed by atoms with Gasteiger partial charge < -0.3 is 14.6 Å². The molecule has 0 bridgehead atoms. The fourth-order valence-electron chi connectivity index (χ4n) is 2.51. The Morgan fingerprint density at radius 2 is 2.33 bits per heavy atom. The van der Waals surface area contributed by atoms with Crippen LogP contribution in [0, 0.1) is 0 Å². The van der Waals surface area contributed by atoms with E-state index in [4.69, 9.17) is 4.74 Å². The van der Waals surface area contributed by atoms with E-state index in [1.807, 2.05) is 43.4 Å². The summed E-state index contributed by atoms with van der Waals surface area (Å²) in [5.74, 6) is 0.960. The first-order valence-electron chi connectivity index (χ1n) is 7.18. The molecule has 0 aliphatic carbocycles. The number of imidazole rings is 1. The van der Waals surface area contributed by atoms with Crippen molar-refractivity contribution in [2.45, 2.75) is 12.6 Å². The maximum Gasteiger partial charge on any atom is 0.128 e. The van der Waals surface area contributed by atoms with Crippen LogP contribution in [0.5, 0.6) is 0 Å². The Hall–Kier alpha value is -1.92. The van der Waals surface area contributed by atoms with Gasteiger partial charge in [-0.2, -0.15) is 0 Å². The Labute approximate surface area is 124 Å². The third kappa shape index (κ3) is 3.40. The van der Waals surface area contributed by atoms with Crippen LogP contribution in [0.2, 0.25) is 0 Å². The molecule has 1 saturated heterocycles. The molecule has 0 radical (unpaired) electrons. The summed E-state index contributed by atoms with van der Waals surface area (Å²) in [6.45, 7) is 3.38. The zero-order valence-corrected chi connectivity index (χ0v) is 12.5. The lowest BCUT2D eigenvalue weighted by Gasteiger charge is -2.32. The van der Waals surface area contributed by atoms with Gasteiger partial charge in [-0.1, -0.05) is 6.07 Å². The highest BCUT2D eigenvalue weighted by Gasteiger charge is 2.23. The maximum atomic E-state index is 5.90. The van der Waals surface area contributed by atoms with E-state index in [-0.39, 0.29) is 6.10 Å². The Morgan fingerprint density at radius 3 is 3.10 bits per heavy atom. The molecule has 1 atom stereocenters. The summed E-state index contributed by atoms with van der Waals surface area (Å²) in [6.07, 6.45) is 3.62. The summed E-state index contributed by atoms with van der Waals surface area (Å²) >= 11 is 0. The largest absolute Gasteiger partial charge is 0.369 e. The molecule has 0 saturated carbocycles. The lowest BCUT2D eigenvalue weighted by atomic mass is 10.2. The van der Waals surface area contributed by atoms with Gasteiger partial charge in [0.25, 0.3) is 0 Å². The van der Waals surface area contributed by atoms with Crippen LogP contribution in [0.3, 0.4) is 0 Å². The third-order valence-electron chi connectivity index (χ3n) is 3.64. The van der Waals surface area contributed by atoms with Crippen molar-refractivity contribution in [1.29, 1.82) is 0 Å². The van der Waals surface area contributed by atoms with Crippen LogP contribution in [0.4, 0.5) is 5.82 Å². The monoisotopic (exact) mass is 287 g/mol. The van der Waals surface area contributed by atoms with Crippen LogP contribution >= 0.6 is 0 Å². The minimum Gasteiger partial charge on any atom is -0.369 e. The molecule has 21 heavy (non-hydrogen) atoms. The second-order valence-electron chi connectivity index (χ2n) is 5.49. The van der Waals surface area contributed by atoms with Crippen LogP contribution in [-0.2, 0) is 11.3 Å². The zero-order chi connectivity index (χ0) is 14.7. The normalized spacial score (nSPS) is 19.6. The predicted octanol–water partition coefficient (Wildman–Crippen LogP) is 1.44. The van der Waals surface area contributed by atoms with Gasteiger partial charge in [0.05, 0.1) is 18.6 Å². The van der Waals surface area contributed by atoms with Gasteiger partial charge in [-0.15, -0.1) is 0 Å². The minimum absolute atomic E-state index is 0.0292. The van der Waals surface area contributed by atoms with Crippen LogP contribution < -0.4 is 4.90 Å². The van der Waals surface area contributed by atoms with Crippen molar-refractivity contribution in [3.63, 3.8) is 0 Å².